The first-order chi connectivity index (χ1) is 14.0. The molecule has 1 aliphatic heterocycles. The second-order valence-corrected chi connectivity index (χ2v) is 7.01. The van der Waals surface area contributed by atoms with Gasteiger partial charge in [0.25, 0.3) is 0 Å². The van der Waals surface area contributed by atoms with Crippen LogP contribution in [0.3, 0.4) is 0 Å². The summed E-state index contributed by atoms with van der Waals surface area (Å²) in [7, 11) is 0. The molecule has 3 rings (SSSR count). The topological polar surface area (TPSA) is 71.1 Å². The Morgan fingerprint density at radius 2 is 1.86 bits per heavy atom. The summed E-state index contributed by atoms with van der Waals surface area (Å²) in [6.07, 6.45) is 2.85. The molecule has 0 amide bonds. The first kappa shape index (κ1) is 20.9. The van der Waals surface area contributed by atoms with E-state index in [4.69, 9.17) is 18.9 Å². The van der Waals surface area contributed by atoms with E-state index >= 15 is 0 Å². The molecular formula is C23H26O6. The van der Waals surface area contributed by atoms with Crippen molar-refractivity contribution in [2.45, 2.75) is 45.3 Å². The van der Waals surface area contributed by atoms with E-state index in [1.165, 1.54) is 6.07 Å². The Hall–Kier alpha value is -2.86. The molecule has 0 spiro atoms. The fourth-order valence-electron chi connectivity index (χ4n) is 2.87. The maximum atomic E-state index is 12.4. The minimum atomic E-state index is -0.509. The predicted molar refractivity (Wildman–Crippen MR) is 107 cm³/mol. The lowest BCUT2D eigenvalue weighted by Crippen LogP contribution is -2.18. The van der Waals surface area contributed by atoms with E-state index in [1.54, 1.807) is 42.5 Å². The van der Waals surface area contributed by atoms with Crippen molar-refractivity contribution < 1.29 is 28.5 Å². The molecule has 0 N–H and O–H groups in total. The highest BCUT2D eigenvalue weighted by Gasteiger charge is 2.18. The fourth-order valence-corrected chi connectivity index (χ4v) is 2.87. The molecule has 1 saturated heterocycles. The molecule has 2 atom stereocenters. The summed E-state index contributed by atoms with van der Waals surface area (Å²) in [6, 6.07) is 13.2. The van der Waals surface area contributed by atoms with Crippen LogP contribution in [0.15, 0.2) is 48.5 Å². The zero-order valence-electron chi connectivity index (χ0n) is 16.8. The lowest BCUT2D eigenvalue weighted by Gasteiger charge is -2.12. The quantitative estimate of drug-likeness (QED) is 0.484. The van der Waals surface area contributed by atoms with Crippen molar-refractivity contribution in [3.8, 4) is 11.5 Å². The summed E-state index contributed by atoms with van der Waals surface area (Å²) in [4.78, 5) is 24.6. The number of benzene rings is 2. The summed E-state index contributed by atoms with van der Waals surface area (Å²) >= 11 is 0. The molecule has 1 heterocycles. The van der Waals surface area contributed by atoms with Gasteiger partial charge in [-0.15, -0.1) is 0 Å². The molecule has 1 aliphatic rings. The normalized spacial score (nSPS) is 16.8. The monoisotopic (exact) mass is 398 g/mol. The van der Waals surface area contributed by atoms with Crippen molar-refractivity contribution in [3.63, 3.8) is 0 Å². The van der Waals surface area contributed by atoms with Gasteiger partial charge in [-0.3, -0.25) is 0 Å². The van der Waals surface area contributed by atoms with Gasteiger partial charge in [0.15, 0.2) is 0 Å². The summed E-state index contributed by atoms with van der Waals surface area (Å²) in [5.41, 5.74) is 0.721. The van der Waals surface area contributed by atoms with Crippen LogP contribution in [0.5, 0.6) is 11.5 Å². The fraction of sp³-hybridized carbons (Fsp3) is 0.391. The van der Waals surface area contributed by atoms with E-state index in [0.717, 1.165) is 19.3 Å². The zero-order chi connectivity index (χ0) is 20.6. The molecule has 1 fully saturated rings. The molecule has 2 unspecified atom stereocenters. The van der Waals surface area contributed by atoms with Crippen molar-refractivity contribution in [2.75, 3.05) is 13.2 Å². The van der Waals surface area contributed by atoms with Gasteiger partial charge in [-0.1, -0.05) is 13.0 Å². The van der Waals surface area contributed by atoms with Crippen LogP contribution in [-0.2, 0) is 9.47 Å². The van der Waals surface area contributed by atoms with Crippen LogP contribution >= 0.6 is 0 Å². The number of esters is 2. The van der Waals surface area contributed by atoms with Gasteiger partial charge < -0.3 is 18.9 Å². The Morgan fingerprint density at radius 1 is 1.07 bits per heavy atom. The molecule has 6 heteroatoms. The van der Waals surface area contributed by atoms with E-state index in [2.05, 4.69) is 0 Å². The van der Waals surface area contributed by atoms with Gasteiger partial charge in [0.1, 0.15) is 18.1 Å². The molecule has 0 saturated carbocycles. The van der Waals surface area contributed by atoms with Gasteiger partial charge in [0, 0.05) is 6.61 Å². The number of carbonyl (C=O) groups is 2. The highest BCUT2D eigenvalue weighted by atomic mass is 16.6. The Morgan fingerprint density at radius 3 is 2.55 bits per heavy atom. The molecule has 29 heavy (non-hydrogen) atoms. The van der Waals surface area contributed by atoms with E-state index in [0.29, 0.717) is 23.5 Å². The van der Waals surface area contributed by atoms with Gasteiger partial charge in [-0.05, 0) is 68.7 Å². The molecular weight excluding hydrogens is 372 g/mol. The average Bonchev–Trinajstić information content (AvgIpc) is 3.26. The molecule has 154 valence electrons. The van der Waals surface area contributed by atoms with E-state index in [-0.39, 0.29) is 24.6 Å². The van der Waals surface area contributed by atoms with Gasteiger partial charge in [-0.25, -0.2) is 9.59 Å². The first-order valence-electron chi connectivity index (χ1n) is 9.93. The van der Waals surface area contributed by atoms with Crippen LogP contribution in [-0.4, -0.2) is 37.4 Å². The number of ether oxygens (including phenoxy) is 4. The third kappa shape index (κ3) is 6.06. The maximum absolute atomic E-state index is 12.4. The van der Waals surface area contributed by atoms with Crippen LogP contribution in [0.25, 0.3) is 0 Å². The summed E-state index contributed by atoms with van der Waals surface area (Å²) in [5.74, 6) is 0.00305. The van der Waals surface area contributed by atoms with Crippen LogP contribution in [0, 0.1) is 0 Å². The summed E-state index contributed by atoms with van der Waals surface area (Å²) < 4.78 is 21.8. The standard InChI is InChI=1S/C23H26O6/c1-3-16(2)28-19-11-9-17(10-12-19)23(25)29-20-7-4-6-18(14-20)22(24)27-15-21-8-5-13-26-21/h4,6-7,9-12,14,16,21H,3,5,8,13,15H2,1-2H3. The molecule has 6 nitrogen and oxygen atoms in total. The molecule has 2 aromatic carbocycles. The van der Waals surface area contributed by atoms with Crippen molar-refractivity contribution >= 4 is 11.9 Å². The largest absolute Gasteiger partial charge is 0.491 e. The Kier molecular flexibility index (Phi) is 7.25. The van der Waals surface area contributed by atoms with Crippen molar-refractivity contribution in [2.24, 2.45) is 0 Å². The van der Waals surface area contributed by atoms with Crippen molar-refractivity contribution in [1.82, 2.24) is 0 Å². The minimum Gasteiger partial charge on any atom is -0.491 e. The second-order valence-electron chi connectivity index (χ2n) is 7.01. The second kappa shape index (κ2) is 10.1. The van der Waals surface area contributed by atoms with Crippen LogP contribution in [0.1, 0.15) is 53.8 Å². The van der Waals surface area contributed by atoms with Crippen LogP contribution < -0.4 is 9.47 Å². The first-order valence-corrected chi connectivity index (χ1v) is 9.93. The van der Waals surface area contributed by atoms with E-state index < -0.39 is 11.9 Å². The molecule has 0 aliphatic carbocycles. The lowest BCUT2D eigenvalue weighted by atomic mass is 10.2. The van der Waals surface area contributed by atoms with Gasteiger partial charge >= 0.3 is 11.9 Å². The smallest absolute Gasteiger partial charge is 0.343 e. The number of rotatable bonds is 8. The molecule has 0 radical (unpaired) electrons. The maximum Gasteiger partial charge on any atom is 0.343 e. The number of hydrogen-bond acceptors (Lipinski definition) is 6. The van der Waals surface area contributed by atoms with Gasteiger partial charge in [0.05, 0.1) is 23.3 Å². The molecule has 0 bridgehead atoms. The number of hydrogen-bond donors (Lipinski definition) is 0. The summed E-state index contributed by atoms with van der Waals surface area (Å²) in [6.45, 7) is 4.97. The Balaban J connectivity index is 1.57. The lowest BCUT2D eigenvalue weighted by molar-refractivity contribution is 0.0161. The van der Waals surface area contributed by atoms with Crippen molar-refractivity contribution in [3.05, 3.63) is 59.7 Å². The van der Waals surface area contributed by atoms with Crippen LogP contribution in [0.4, 0.5) is 0 Å². The highest BCUT2D eigenvalue weighted by molar-refractivity contribution is 5.92. The average molecular weight is 398 g/mol. The molecule has 0 aromatic heterocycles. The van der Waals surface area contributed by atoms with Gasteiger partial charge in [0.2, 0.25) is 0 Å². The van der Waals surface area contributed by atoms with Crippen LogP contribution in [0.2, 0.25) is 0 Å². The zero-order valence-corrected chi connectivity index (χ0v) is 16.8. The minimum absolute atomic E-state index is 0.0350. The number of carbonyl (C=O) groups excluding carboxylic acids is 2. The third-order valence-electron chi connectivity index (χ3n) is 4.71. The Labute approximate surface area is 170 Å². The van der Waals surface area contributed by atoms with E-state index in [1.807, 2.05) is 13.8 Å². The highest BCUT2D eigenvalue weighted by Crippen LogP contribution is 2.19. The predicted octanol–water partition coefficient (Wildman–Crippen LogP) is 4.42. The van der Waals surface area contributed by atoms with Crippen molar-refractivity contribution in [1.29, 1.82) is 0 Å². The molecule has 2 aromatic rings. The third-order valence-corrected chi connectivity index (χ3v) is 4.71. The van der Waals surface area contributed by atoms with Gasteiger partial charge in [-0.2, -0.15) is 0 Å². The SMILES string of the molecule is CCC(C)Oc1ccc(C(=O)Oc2cccc(C(=O)OCC3CCCO3)c2)cc1. The van der Waals surface area contributed by atoms with E-state index in [9.17, 15) is 9.59 Å². The Bertz CT molecular complexity index is 824. The summed E-state index contributed by atoms with van der Waals surface area (Å²) in [5, 5.41) is 0.